The van der Waals surface area contributed by atoms with Crippen LogP contribution in [0.3, 0.4) is 0 Å². The molecule has 2 heterocycles. The minimum Gasteiger partial charge on any atom is -0.453 e. The molecule has 0 bridgehead atoms. The molecule has 1 aromatic heterocycles. The van der Waals surface area contributed by atoms with Crippen molar-refractivity contribution in [1.29, 1.82) is 0 Å². The van der Waals surface area contributed by atoms with Crippen molar-refractivity contribution >= 4 is 12.0 Å². The highest BCUT2D eigenvalue weighted by atomic mass is 16.3. The van der Waals surface area contributed by atoms with Gasteiger partial charge in [-0.05, 0) is 55.7 Å². The zero-order valence-electron chi connectivity index (χ0n) is 10.3. The largest absolute Gasteiger partial charge is 0.453 e. The van der Waals surface area contributed by atoms with Crippen LogP contribution in [0.4, 0.5) is 5.69 Å². The smallest absolute Gasteiger partial charge is 0.185 e. The summed E-state index contributed by atoms with van der Waals surface area (Å²) in [6, 6.07) is 10.3. The Balaban J connectivity index is 1.97. The maximum atomic E-state index is 10.6. The van der Waals surface area contributed by atoms with Crippen molar-refractivity contribution in [2.45, 2.75) is 25.8 Å². The first-order valence-corrected chi connectivity index (χ1v) is 6.21. The molecule has 0 amide bonds. The van der Waals surface area contributed by atoms with Gasteiger partial charge in [-0.1, -0.05) is 0 Å². The quantitative estimate of drug-likeness (QED) is 0.818. The zero-order valence-corrected chi connectivity index (χ0v) is 10.3. The Kier molecular flexibility index (Phi) is 2.67. The van der Waals surface area contributed by atoms with E-state index in [0.29, 0.717) is 11.8 Å². The van der Waals surface area contributed by atoms with Gasteiger partial charge in [0, 0.05) is 17.3 Å². The average molecular weight is 241 g/mol. The van der Waals surface area contributed by atoms with Crippen LogP contribution in [0.5, 0.6) is 0 Å². The van der Waals surface area contributed by atoms with Gasteiger partial charge in [0.25, 0.3) is 0 Å². The van der Waals surface area contributed by atoms with Crippen LogP contribution in [0, 0.1) is 0 Å². The number of nitrogens with one attached hydrogen (secondary N) is 1. The lowest BCUT2D eigenvalue weighted by Crippen LogP contribution is -2.21. The molecule has 1 aliphatic heterocycles. The van der Waals surface area contributed by atoms with Crippen molar-refractivity contribution in [1.82, 2.24) is 0 Å². The normalized spacial score (nSPS) is 17.9. The molecule has 1 unspecified atom stereocenters. The van der Waals surface area contributed by atoms with Crippen molar-refractivity contribution in [3.8, 4) is 11.3 Å². The van der Waals surface area contributed by atoms with Crippen molar-refractivity contribution in [2.75, 3.05) is 5.32 Å². The Morgan fingerprint density at radius 3 is 3.00 bits per heavy atom. The minimum absolute atomic E-state index is 0.370. The molecule has 3 nitrogen and oxygen atoms in total. The van der Waals surface area contributed by atoms with Crippen LogP contribution in [0.15, 0.2) is 34.7 Å². The van der Waals surface area contributed by atoms with E-state index in [-0.39, 0.29) is 0 Å². The molecular weight excluding hydrogens is 226 g/mol. The molecular formula is C15H15NO2. The summed E-state index contributed by atoms with van der Waals surface area (Å²) in [4.78, 5) is 10.6. The van der Waals surface area contributed by atoms with Gasteiger partial charge in [0.05, 0.1) is 0 Å². The fourth-order valence-corrected chi connectivity index (χ4v) is 2.38. The number of furan rings is 1. The third-order valence-corrected chi connectivity index (χ3v) is 3.38. The Morgan fingerprint density at radius 1 is 1.33 bits per heavy atom. The standard InChI is InChI=1S/C15H15NO2/c1-10-2-3-11-8-12(4-6-14(11)16-10)15-7-5-13(9-17)18-15/h4-10,16H,2-3H2,1H3. The first kappa shape index (κ1) is 11.1. The van der Waals surface area contributed by atoms with E-state index in [4.69, 9.17) is 4.42 Å². The summed E-state index contributed by atoms with van der Waals surface area (Å²) < 4.78 is 5.44. The van der Waals surface area contributed by atoms with Crippen LogP contribution in [0.25, 0.3) is 11.3 Å². The molecule has 0 radical (unpaired) electrons. The zero-order chi connectivity index (χ0) is 12.5. The summed E-state index contributed by atoms with van der Waals surface area (Å²) in [5, 5.41) is 3.47. The van der Waals surface area contributed by atoms with E-state index in [0.717, 1.165) is 30.5 Å². The van der Waals surface area contributed by atoms with E-state index in [9.17, 15) is 4.79 Å². The minimum atomic E-state index is 0.370. The van der Waals surface area contributed by atoms with Crippen LogP contribution in [0.2, 0.25) is 0 Å². The SMILES string of the molecule is CC1CCc2cc(-c3ccc(C=O)o3)ccc2N1. The third-order valence-electron chi connectivity index (χ3n) is 3.38. The van der Waals surface area contributed by atoms with E-state index >= 15 is 0 Å². The number of anilines is 1. The summed E-state index contributed by atoms with van der Waals surface area (Å²) >= 11 is 0. The number of carbonyl (C=O) groups excluding carboxylic acids is 1. The summed E-state index contributed by atoms with van der Waals surface area (Å²) in [6.45, 7) is 2.19. The lowest BCUT2D eigenvalue weighted by atomic mass is 9.96. The Hall–Kier alpha value is -2.03. The molecule has 0 spiro atoms. The molecule has 0 saturated heterocycles. The van der Waals surface area contributed by atoms with Crippen LogP contribution in [-0.2, 0) is 6.42 Å². The fraction of sp³-hybridized carbons (Fsp3) is 0.267. The second-order valence-electron chi connectivity index (χ2n) is 4.78. The average Bonchev–Trinajstić information content (AvgIpc) is 2.87. The van der Waals surface area contributed by atoms with Gasteiger partial charge in [-0.15, -0.1) is 0 Å². The first-order valence-electron chi connectivity index (χ1n) is 6.21. The number of hydrogen-bond donors (Lipinski definition) is 1. The second-order valence-corrected chi connectivity index (χ2v) is 4.78. The lowest BCUT2D eigenvalue weighted by molar-refractivity contribution is 0.110. The van der Waals surface area contributed by atoms with Gasteiger partial charge in [-0.3, -0.25) is 4.79 Å². The Bertz CT molecular complexity index is 586. The summed E-state index contributed by atoms with van der Waals surface area (Å²) in [6.07, 6.45) is 2.96. The molecule has 1 aromatic carbocycles. The molecule has 2 aromatic rings. The Labute approximate surface area is 106 Å². The molecule has 3 rings (SSSR count). The van der Waals surface area contributed by atoms with Crippen LogP contribution < -0.4 is 5.32 Å². The molecule has 1 aliphatic rings. The molecule has 1 N–H and O–H groups in total. The van der Waals surface area contributed by atoms with E-state index in [1.54, 1.807) is 6.07 Å². The third kappa shape index (κ3) is 1.92. The number of fused-ring (bicyclic) bond motifs is 1. The van der Waals surface area contributed by atoms with Crippen molar-refractivity contribution < 1.29 is 9.21 Å². The number of hydrogen-bond acceptors (Lipinski definition) is 3. The van der Waals surface area contributed by atoms with E-state index < -0.39 is 0 Å². The summed E-state index contributed by atoms with van der Waals surface area (Å²) in [5.74, 6) is 1.12. The van der Waals surface area contributed by atoms with Gasteiger partial charge in [0.1, 0.15) is 5.76 Å². The first-order chi connectivity index (χ1) is 8.76. The van der Waals surface area contributed by atoms with Gasteiger partial charge in [0.15, 0.2) is 12.0 Å². The van der Waals surface area contributed by atoms with Crippen LogP contribution in [-0.4, -0.2) is 12.3 Å². The van der Waals surface area contributed by atoms with Crippen molar-refractivity contribution in [2.24, 2.45) is 0 Å². The monoisotopic (exact) mass is 241 g/mol. The molecule has 92 valence electrons. The van der Waals surface area contributed by atoms with E-state index in [2.05, 4.69) is 24.4 Å². The van der Waals surface area contributed by atoms with Crippen molar-refractivity contribution in [3.63, 3.8) is 0 Å². The molecule has 1 atom stereocenters. The predicted molar refractivity (Wildman–Crippen MR) is 70.9 cm³/mol. The second kappa shape index (κ2) is 4.33. The molecule has 0 fully saturated rings. The topological polar surface area (TPSA) is 42.2 Å². The molecule has 0 saturated carbocycles. The van der Waals surface area contributed by atoms with Gasteiger partial charge in [-0.2, -0.15) is 0 Å². The lowest BCUT2D eigenvalue weighted by Gasteiger charge is -2.24. The summed E-state index contributed by atoms with van der Waals surface area (Å²) in [7, 11) is 0. The molecule has 3 heteroatoms. The fourth-order valence-electron chi connectivity index (χ4n) is 2.38. The summed E-state index contributed by atoms with van der Waals surface area (Å²) in [5.41, 5.74) is 3.55. The number of carbonyl (C=O) groups is 1. The van der Waals surface area contributed by atoms with E-state index in [1.807, 2.05) is 12.1 Å². The Morgan fingerprint density at radius 2 is 2.22 bits per heavy atom. The highest BCUT2D eigenvalue weighted by molar-refractivity contribution is 5.73. The number of rotatable bonds is 2. The van der Waals surface area contributed by atoms with Gasteiger partial charge in [0.2, 0.25) is 0 Å². The highest BCUT2D eigenvalue weighted by Crippen LogP contribution is 2.30. The molecule has 18 heavy (non-hydrogen) atoms. The van der Waals surface area contributed by atoms with Crippen molar-refractivity contribution in [3.05, 3.63) is 41.7 Å². The molecule has 0 aliphatic carbocycles. The maximum absolute atomic E-state index is 10.6. The predicted octanol–water partition coefficient (Wildman–Crippen LogP) is 3.51. The van der Waals surface area contributed by atoms with E-state index in [1.165, 1.54) is 11.3 Å². The van der Waals surface area contributed by atoms with Crippen LogP contribution in [0.1, 0.15) is 29.5 Å². The number of aryl methyl sites for hydroxylation is 1. The highest BCUT2D eigenvalue weighted by Gasteiger charge is 2.15. The van der Waals surface area contributed by atoms with Gasteiger partial charge >= 0.3 is 0 Å². The van der Waals surface area contributed by atoms with Gasteiger partial charge in [-0.25, -0.2) is 0 Å². The maximum Gasteiger partial charge on any atom is 0.185 e. The number of aldehydes is 1. The van der Waals surface area contributed by atoms with Crippen LogP contribution >= 0.6 is 0 Å². The van der Waals surface area contributed by atoms with Gasteiger partial charge < -0.3 is 9.73 Å². The number of benzene rings is 1.